The van der Waals surface area contributed by atoms with Gasteiger partial charge in [0.2, 0.25) is 5.41 Å². The first-order chi connectivity index (χ1) is 13.4. The molecule has 0 aliphatic carbocycles. The maximum absolute atomic E-state index is 14.1. The highest BCUT2D eigenvalue weighted by Crippen LogP contribution is 2.56. The lowest BCUT2D eigenvalue weighted by Crippen LogP contribution is -2.54. The molecule has 2 aromatic rings. The average Bonchev–Trinajstić information content (AvgIpc) is 2.62. The van der Waals surface area contributed by atoms with Crippen molar-refractivity contribution in [2.24, 2.45) is 0 Å². The second-order valence-electron chi connectivity index (χ2n) is 6.98. The maximum Gasteiger partial charge on any atom is 0.411 e. The van der Waals surface area contributed by atoms with E-state index in [9.17, 15) is 26.3 Å². The van der Waals surface area contributed by atoms with Gasteiger partial charge >= 0.3 is 12.4 Å². The summed E-state index contributed by atoms with van der Waals surface area (Å²) in [6, 6.07) is 8.72. The third-order valence-electron chi connectivity index (χ3n) is 4.92. The van der Waals surface area contributed by atoms with Gasteiger partial charge in [-0.15, -0.1) is 6.58 Å². The van der Waals surface area contributed by atoms with Gasteiger partial charge in [0.05, 0.1) is 0 Å². The monoisotopic (exact) mass is 412 g/mol. The van der Waals surface area contributed by atoms with Crippen molar-refractivity contribution in [1.29, 1.82) is 0 Å². The zero-order chi connectivity index (χ0) is 21.9. The molecule has 0 aliphatic heterocycles. The number of hydrogen-bond donors (Lipinski definition) is 0. The number of halogens is 6. The summed E-state index contributed by atoms with van der Waals surface area (Å²) in [6.45, 7) is 8.88. The minimum Gasteiger partial charge on any atom is -0.169 e. The molecule has 156 valence electrons. The van der Waals surface area contributed by atoms with Gasteiger partial charge in [0.1, 0.15) is 0 Å². The highest BCUT2D eigenvalue weighted by atomic mass is 19.4. The van der Waals surface area contributed by atoms with Crippen molar-refractivity contribution in [1.82, 2.24) is 0 Å². The van der Waals surface area contributed by atoms with Crippen molar-refractivity contribution in [3.8, 4) is 0 Å². The molecule has 0 bridgehead atoms. The van der Waals surface area contributed by atoms with Crippen LogP contribution in [0.2, 0.25) is 0 Å². The van der Waals surface area contributed by atoms with Crippen molar-refractivity contribution >= 4 is 5.57 Å². The van der Waals surface area contributed by atoms with Gasteiger partial charge in [-0.25, -0.2) is 0 Å². The van der Waals surface area contributed by atoms with Crippen molar-refractivity contribution < 1.29 is 26.3 Å². The smallest absolute Gasteiger partial charge is 0.169 e. The van der Waals surface area contributed by atoms with Gasteiger partial charge in [-0.1, -0.05) is 66.8 Å². The molecule has 0 saturated heterocycles. The van der Waals surface area contributed by atoms with Crippen LogP contribution >= 0.6 is 0 Å². The number of alkyl halides is 6. The van der Waals surface area contributed by atoms with Crippen molar-refractivity contribution in [3.05, 3.63) is 90.0 Å². The second-order valence-corrected chi connectivity index (χ2v) is 6.98. The third kappa shape index (κ3) is 4.41. The fourth-order valence-corrected chi connectivity index (χ4v) is 3.36. The van der Waals surface area contributed by atoms with E-state index in [0.717, 1.165) is 30.7 Å². The second kappa shape index (κ2) is 8.47. The molecule has 0 atom stereocenters. The zero-order valence-electron chi connectivity index (χ0n) is 16.0. The highest BCUT2D eigenvalue weighted by Gasteiger charge is 2.72. The van der Waals surface area contributed by atoms with E-state index in [4.69, 9.17) is 0 Å². The molecule has 0 aliphatic rings. The molecule has 0 amide bonds. The van der Waals surface area contributed by atoms with Crippen LogP contribution in [0.3, 0.4) is 0 Å². The lowest BCUT2D eigenvalue weighted by Gasteiger charge is -2.38. The predicted octanol–water partition coefficient (Wildman–Crippen LogP) is 7.64. The van der Waals surface area contributed by atoms with Crippen molar-refractivity contribution in [2.75, 3.05) is 0 Å². The summed E-state index contributed by atoms with van der Waals surface area (Å²) in [4.78, 5) is 0. The molecule has 0 N–H and O–H groups in total. The molecule has 0 aromatic heterocycles. The van der Waals surface area contributed by atoms with Gasteiger partial charge < -0.3 is 0 Å². The summed E-state index contributed by atoms with van der Waals surface area (Å²) in [5.41, 5.74) is -4.15. The van der Waals surface area contributed by atoms with Gasteiger partial charge in [-0.2, -0.15) is 26.3 Å². The fraction of sp³-hybridized carbons (Fsp3) is 0.304. The largest absolute Gasteiger partial charge is 0.411 e. The summed E-state index contributed by atoms with van der Waals surface area (Å²) in [5, 5.41) is 0. The molecule has 6 heteroatoms. The highest BCUT2D eigenvalue weighted by molar-refractivity contribution is 5.62. The van der Waals surface area contributed by atoms with Crippen LogP contribution in [0.5, 0.6) is 0 Å². The topological polar surface area (TPSA) is 0 Å². The van der Waals surface area contributed by atoms with Crippen LogP contribution < -0.4 is 0 Å². The van der Waals surface area contributed by atoms with E-state index in [1.54, 1.807) is 13.0 Å². The van der Waals surface area contributed by atoms with Crippen molar-refractivity contribution in [2.45, 2.75) is 44.0 Å². The van der Waals surface area contributed by atoms with Crippen LogP contribution in [0, 0.1) is 0 Å². The van der Waals surface area contributed by atoms with E-state index in [0.29, 0.717) is 29.5 Å². The van der Waals surface area contributed by atoms with E-state index >= 15 is 0 Å². The minimum absolute atomic E-state index is 0.476. The average molecular weight is 412 g/mol. The Kier molecular flexibility index (Phi) is 6.66. The molecule has 0 nitrogen and oxygen atoms in total. The van der Waals surface area contributed by atoms with Crippen LogP contribution in [-0.2, 0) is 11.8 Å². The predicted molar refractivity (Wildman–Crippen MR) is 104 cm³/mol. The lowest BCUT2D eigenvalue weighted by atomic mass is 9.72. The third-order valence-corrected chi connectivity index (χ3v) is 4.92. The van der Waals surface area contributed by atoms with Crippen LogP contribution in [0.4, 0.5) is 26.3 Å². The van der Waals surface area contributed by atoms with Gasteiger partial charge in [0.25, 0.3) is 0 Å². The first kappa shape index (κ1) is 22.8. The number of benzene rings is 2. The summed E-state index contributed by atoms with van der Waals surface area (Å²) < 4.78 is 84.6. The van der Waals surface area contributed by atoms with E-state index in [1.165, 1.54) is 24.3 Å². The van der Waals surface area contributed by atoms with Crippen LogP contribution in [0.1, 0.15) is 42.0 Å². The molecule has 0 unspecified atom stereocenters. The molecule has 2 aromatic carbocycles. The molecule has 0 radical (unpaired) electrons. The van der Waals surface area contributed by atoms with Gasteiger partial charge in [-0.3, -0.25) is 0 Å². The van der Waals surface area contributed by atoms with E-state index in [1.807, 2.05) is 0 Å². The normalized spacial score (nSPS) is 12.7. The van der Waals surface area contributed by atoms with Gasteiger partial charge in [-0.05, 0) is 48.4 Å². The Morgan fingerprint density at radius 1 is 0.828 bits per heavy atom. The molecule has 0 heterocycles. The molecule has 0 saturated carbocycles. The number of unbranched alkanes of at least 4 members (excludes halogenated alkanes) is 1. The number of aryl methyl sites for hydroxylation is 1. The molecular weight excluding hydrogens is 390 g/mol. The van der Waals surface area contributed by atoms with E-state index in [-0.39, 0.29) is 0 Å². The fourth-order valence-electron chi connectivity index (χ4n) is 3.36. The SMILES string of the molecule is C=CCCCc1ccc(C(c2ccc(C(=C)C)cc2)(C(F)(F)F)C(F)(F)F)cc1. The Hall–Kier alpha value is -2.50. The Balaban J connectivity index is 2.64. The quantitative estimate of drug-likeness (QED) is 0.249. The molecule has 0 spiro atoms. The molecular formula is C23H22F6. The first-order valence-corrected chi connectivity index (χ1v) is 9.05. The Labute approximate surface area is 166 Å². The maximum atomic E-state index is 14.1. The van der Waals surface area contributed by atoms with Crippen LogP contribution in [0.15, 0.2) is 67.8 Å². The summed E-state index contributed by atoms with van der Waals surface area (Å²) in [7, 11) is 0. The van der Waals surface area contributed by atoms with E-state index in [2.05, 4.69) is 13.2 Å². The standard InChI is InChI=1S/C23H22F6/c1-4-5-6-7-17-8-12-19(13-9-17)21(22(24,25)26,23(27,28)29)20-14-10-18(11-15-20)16(2)3/h4,8-15H,1-2,5-7H2,3H3. The van der Waals surface area contributed by atoms with E-state index < -0.39 is 28.9 Å². The van der Waals surface area contributed by atoms with Crippen LogP contribution in [0.25, 0.3) is 5.57 Å². The Morgan fingerprint density at radius 3 is 1.66 bits per heavy atom. The number of hydrogen-bond acceptors (Lipinski definition) is 0. The Morgan fingerprint density at radius 2 is 1.28 bits per heavy atom. The summed E-state index contributed by atoms with van der Waals surface area (Å²) in [5.74, 6) is 0. The summed E-state index contributed by atoms with van der Waals surface area (Å²) in [6.07, 6.45) is -7.48. The minimum atomic E-state index is -5.58. The molecule has 2 rings (SSSR count). The van der Waals surface area contributed by atoms with Gasteiger partial charge in [0.15, 0.2) is 0 Å². The molecule has 29 heavy (non-hydrogen) atoms. The lowest BCUT2D eigenvalue weighted by molar-refractivity contribution is -0.288. The van der Waals surface area contributed by atoms with Gasteiger partial charge in [0, 0.05) is 0 Å². The zero-order valence-corrected chi connectivity index (χ0v) is 16.0. The Bertz CT molecular complexity index is 825. The van der Waals surface area contributed by atoms with Crippen LogP contribution in [-0.4, -0.2) is 12.4 Å². The molecule has 0 fully saturated rings. The number of rotatable bonds is 7. The number of allylic oxidation sites excluding steroid dienone is 2. The van der Waals surface area contributed by atoms with Crippen molar-refractivity contribution in [3.63, 3.8) is 0 Å². The first-order valence-electron chi connectivity index (χ1n) is 9.05. The summed E-state index contributed by atoms with van der Waals surface area (Å²) >= 11 is 0.